The molecule has 0 aromatic carbocycles. The van der Waals surface area contributed by atoms with E-state index in [1.54, 1.807) is 4.68 Å². The first-order valence-corrected chi connectivity index (χ1v) is 5.77. The summed E-state index contributed by atoms with van der Waals surface area (Å²) in [4.78, 5) is 15.7. The molecule has 0 aliphatic carbocycles. The molecule has 2 aromatic rings. The molecule has 0 saturated carbocycles. The zero-order valence-electron chi connectivity index (χ0n) is 10.4. The number of aryl methyl sites for hydroxylation is 2. The van der Waals surface area contributed by atoms with Crippen molar-refractivity contribution >= 4 is 5.78 Å². The Bertz CT molecular complexity index is 577. The van der Waals surface area contributed by atoms with E-state index in [1.807, 2.05) is 19.9 Å². The van der Waals surface area contributed by atoms with Crippen molar-refractivity contribution in [2.75, 3.05) is 0 Å². The van der Waals surface area contributed by atoms with Gasteiger partial charge in [0.25, 0.3) is 0 Å². The van der Waals surface area contributed by atoms with Crippen molar-refractivity contribution in [3.05, 3.63) is 47.3 Å². The molecule has 0 bridgehead atoms. The van der Waals surface area contributed by atoms with Crippen molar-refractivity contribution in [1.29, 1.82) is 0 Å². The standard InChI is InChI=1S/C13H14FN3O/c1-3-17-12(4-9(2)16-17)6-13(18)10-5-11(14)8-15-7-10/h4-5,7-8H,3,6H2,1-2H3. The van der Waals surface area contributed by atoms with Gasteiger partial charge in [0.15, 0.2) is 5.78 Å². The van der Waals surface area contributed by atoms with Crippen LogP contribution in [-0.2, 0) is 13.0 Å². The van der Waals surface area contributed by atoms with Gasteiger partial charge in [0.1, 0.15) is 5.82 Å². The molecule has 5 heteroatoms. The second-order valence-corrected chi connectivity index (χ2v) is 4.08. The number of halogens is 1. The molecule has 0 radical (unpaired) electrons. The van der Waals surface area contributed by atoms with E-state index in [2.05, 4.69) is 10.1 Å². The fraction of sp³-hybridized carbons (Fsp3) is 0.308. The van der Waals surface area contributed by atoms with Crippen LogP contribution in [-0.4, -0.2) is 20.5 Å². The molecule has 0 aliphatic rings. The van der Waals surface area contributed by atoms with Gasteiger partial charge in [-0.2, -0.15) is 5.10 Å². The monoisotopic (exact) mass is 247 g/mol. The molecule has 2 heterocycles. The maximum absolute atomic E-state index is 13.0. The van der Waals surface area contributed by atoms with E-state index in [1.165, 1.54) is 12.3 Å². The normalized spacial score (nSPS) is 10.6. The molecule has 0 N–H and O–H groups in total. The zero-order chi connectivity index (χ0) is 13.1. The summed E-state index contributed by atoms with van der Waals surface area (Å²) in [5.41, 5.74) is 2.00. The highest BCUT2D eigenvalue weighted by molar-refractivity contribution is 5.97. The van der Waals surface area contributed by atoms with Crippen molar-refractivity contribution < 1.29 is 9.18 Å². The van der Waals surface area contributed by atoms with Crippen LogP contribution >= 0.6 is 0 Å². The summed E-state index contributed by atoms with van der Waals surface area (Å²) < 4.78 is 14.8. The van der Waals surface area contributed by atoms with Gasteiger partial charge in [-0.3, -0.25) is 14.5 Å². The Labute approximate surface area is 104 Å². The number of ketones is 1. The van der Waals surface area contributed by atoms with Crippen LogP contribution in [0.15, 0.2) is 24.5 Å². The third-order valence-corrected chi connectivity index (χ3v) is 2.65. The Balaban J connectivity index is 2.21. The second kappa shape index (κ2) is 5.08. The minimum atomic E-state index is -0.499. The van der Waals surface area contributed by atoms with Crippen LogP contribution in [0, 0.1) is 12.7 Å². The van der Waals surface area contributed by atoms with Crippen LogP contribution in [0.3, 0.4) is 0 Å². The molecule has 2 rings (SSSR count). The fourth-order valence-electron chi connectivity index (χ4n) is 1.85. The van der Waals surface area contributed by atoms with Crippen molar-refractivity contribution in [2.24, 2.45) is 0 Å². The maximum atomic E-state index is 13.0. The molecular formula is C13H14FN3O. The van der Waals surface area contributed by atoms with E-state index in [-0.39, 0.29) is 17.8 Å². The number of carbonyl (C=O) groups is 1. The van der Waals surface area contributed by atoms with Gasteiger partial charge in [0, 0.05) is 24.0 Å². The number of carbonyl (C=O) groups excluding carboxylic acids is 1. The summed E-state index contributed by atoms with van der Waals surface area (Å²) in [7, 11) is 0. The van der Waals surface area contributed by atoms with E-state index in [0.29, 0.717) is 6.54 Å². The lowest BCUT2D eigenvalue weighted by molar-refractivity contribution is 0.0989. The van der Waals surface area contributed by atoms with Crippen LogP contribution in [0.4, 0.5) is 4.39 Å². The van der Waals surface area contributed by atoms with Crippen molar-refractivity contribution in [3.63, 3.8) is 0 Å². The molecule has 94 valence electrons. The Kier molecular flexibility index (Phi) is 3.50. The van der Waals surface area contributed by atoms with Crippen molar-refractivity contribution in [2.45, 2.75) is 26.8 Å². The first-order chi connectivity index (χ1) is 8.60. The van der Waals surface area contributed by atoms with E-state index in [9.17, 15) is 9.18 Å². The summed E-state index contributed by atoms with van der Waals surface area (Å²) >= 11 is 0. The maximum Gasteiger partial charge on any atom is 0.170 e. The fourth-order valence-corrected chi connectivity index (χ4v) is 1.85. The number of aromatic nitrogens is 3. The predicted octanol–water partition coefficient (Wildman–Crippen LogP) is 2.17. The lowest BCUT2D eigenvalue weighted by Crippen LogP contribution is -2.10. The van der Waals surface area contributed by atoms with E-state index in [4.69, 9.17) is 0 Å². The molecule has 2 aromatic heterocycles. The molecule has 0 amide bonds. The summed E-state index contributed by atoms with van der Waals surface area (Å²) in [6, 6.07) is 3.07. The number of rotatable bonds is 4. The lowest BCUT2D eigenvalue weighted by Gasteiger charge is -2.04. The summed E-state index contributed by atoms with van der Waals surface area (Å²) in [6.07, 6.45) is 2.67. The van der Waals surface area contributed by atoms with E-state index in [0.717, 1.165) is 17.6 Å². The highest BCUT2D eigenvalue weighted by Gasteiger charge is 2.12. The third-order valence-electron chi connectivity index (χ3n) is 2.65. The highest BCUT2D eigenvalue weighted by Crippen LogP contribution is 2.10. The molecule has 18 heavy (non-hydrogen) atoms. The van der Waals surface area contributed by atoms with Gasteiger partial charge >= 0.3 is 0 Å². The van der Waals surface area contributed by atoms with Gasteiger partial charge in [0.2, 0.25) is 0 Å². The van der Waals surface area contributed by atoms with Gasteiger partial charge in [-0.05, 0) is 26.0 Å². The molecule has 0 atom stereocenters. The van der Waals surface area contributed by atoms with Crippen LogP contribution < -0.4 is 0 Å². The smallest absolute Gasteiger partial charge is 0.170 e. The first-order valence-electron chi connectivity index (χ1n) is 5.77. The SMILES string of the molecule is CCn1nc(C)cc1CC(=O)c1cncc(F)c1. The van der Waals surface area contributed by atoms with Gasteiger partial charge < -0.3 is 0 Å². The van der Waals surface area contributed by atoms with Crippen LogP contribution in [0.5, 0.6) is 0 Å². The average Bonchev–Trinajstić information content (AvgIpc) is 2.69. The third kappa shape index (κ3) is 2.61. The Morgan fingerprint density at radius 1 is 1.39 bits per heavy atom. The minimum Gasteiger partial charge on any atom is -0.294 e. The summed E-state index contributed by atoms with van der Waals surface area (Å²) in [5, 5.41) is 4.27. The van der Waals surface area contributed by atoms with Crippen molar-refractivity contribution in [1.82, 2.24) is 14.8 Å². The highest BCUT2D eigenvalue weighted by atomic mass is 19.1. The second-order valence-electron chi connectivity index (χ2n) is 4.08. The largest absolute Gasteiger partial charge is 0.294 e. The Morgan fingerprint density at radius 2 is 2.17 bits per heavy atom. The van der Waals surface area contributed by atoms with Gasteiger partial charge in [-0.15, -0.1) is 0 Å². The molecule has 0 unspecified atom stereocenters. The topological polar surface area (TPSA) is 47.8 Å². The van der Waals surface area contributed by atoms with Crippen molar-refractivity contribution in [3.8, 4) is 0 Å². The molecule has 4 nitrogen and oxygen atoms in total. The molecule has 0 spiro atoms. The minimum absolute atomic E-state index is 0.156. The zero-order valence-corrected chi connectivity index (χ0v) is 10.4. The summed E-state index contributed by atoms with van der Waals surface area (Å²) in [5.74, 6) is -0.655. The number of pyridine rings is 1. The number of hydrogen-bond donors (Lipinski definition) is 0. The first kappa shape index (κ1) is 12.4. The number of nitrogens with zero attached hydrogens (tertiary/aromatic N) is 3. The van der Waals surface area contributed by atoms with E-state index >= 15 is 0 Å². The van der Waals surface area contributed by atoms with Gasteiger partial charge in [0.05, 0.1) is 18.3 Å². The van der Waals surface area contributed by atoms with Crippen LogP contribution in [0.1, 0.15) is 28.7 Å². The number of hydrogen-bond acceptors (Lipinski definition) is 3. The van der Waals surface area contributed by atoms with Crippen LogP contribution in [0.25, 0.3) is 0 Å². The molecule has 0 fully saturated rings. The molecular weight excluding hydrogens is 233 g/mol. The number of Topliss-reactive ketones (excluding diaryl/α,β-unsaturated/α-hetero) is 1. The average molecular weight is 247 g/mol. The Morgan fingerprint density at radius 3 is 2.83 bits per heavy atom. The predicted molar refractivity (Wildman–Crippen MR) is 64.9 cm³/mol. The Hall–Kier alpha value is -2.04. The molecule has 0 aliphatic heterocycles. The van der Waals surface area contributed by atoms with Crippen LogP contribution in [0.2, 0.25) is 0 Å². The van der Waals surface area contributed by atoms with Gasteiger partial charge in [-0.25, -0.2) is 4.39 Å². The lowest BCUT2D eigenvalue weighted by atomic mass is 10.1. The molecule has 0 saturated heterocycles. The quantitative estimate of drug-likeness (QED) is 0.778. The summed E-state index contributed by atoms with van der Waals surface area (Å²) in [6.45, 7) is 4.55. The van der Waals surface area contributed by atoms with Gasteiger partial charge in [-0.1, -0.05) is 0 Å². The van der Waals surface area contributed by atoms with E-state index < -0.39 is 5.82 Å².